The molecule has 2 aromatic heterocycles. The summed E-state index contributed by atoms with van der Waals surface area (Å²) >= 11 is 0. The number of benzene rings is 15. The van der Waals surface area contributed by atoms with Crippen LogP contribution in [-0.2, 0) is 0 Å². The molecule has 0 aliphatic rings. The molecule has 15 aromatic carbocycles. The molecule has 4 nitrogen and oxygen atoms in total. The number of nitrogens with zero attached hydrogens (tertiary/aromatic N) is 4. The normalized spacial score (nSPS) is 11.5. The highest BCUT2D eigenvalue weighted by Gasteiger charge is 2.24. The highest BCUT2D eigenvalue weighted by molar-refractivity contribution is 6.23. The molecule has 0 atom stereocenters. The van der Waals surface area contributed by atoms with Crippen molar-refractivity contribution in [1.82, 2.24) is 19.1 Å². The molecule has 0 radical (unpaired) electrons. The van der Waals surface area contributed by atoms with Gasteiger partial charge in [-0.15, -0.1) is 0 Å². The Balaban J connectivity index is 0.963. The standard InChI is InChI=1S/C88H58N4/c1-9-25-59(26-10-1)69-49-70(60-27-11-2-12-28-60)52-73(51-69)85-77-45-41-66(68-44-48-84-82(58-68)90-88(64-35-19-6-20-36-64)92(84)76-39-23-8-24-40-76)56-80(77)86(74-53-71(61-29-13-3-14-30-61)50-72(54-74)62-31-15-4-16-32-62)78-46-42-65(55-79(78)85)67-43-47-83-81(57-67)89-87(63-33-17-5-18-34-63)91(83)75-37-21-7-22-38-75/h1-58H. The maximum Gasteiger partial charge on any atom is 0.145 e. The van der Waals surface area contributed by atoms with E-state index in [2.05, 4.69) is 361 Å². The van der Waals surface area contributed by atoms with E-state index < -0.39 is 0 Å². The summed E-state index contributed by atoms with van der Waals surface area (Å²) in [6.07, 6.45) is 0. The molecule has 17 rings (SSSR count). The van der Waals surface area contributed by atoms with Gasteiger partial charge in [-0.3, -0.25) is 9.13 Å². The number of fused-ring (bicyclic) bond motifs is 4. The van der Waals surface area contributed by atoms with Gasteiger partial charge in [-0.05, 0) is 208 Å². The Bertz CT molecular complexity index is 5100. The number of hydrogen-bond acceptors (Lipinski definition) is 2. The van der Waals surface area contributed by atoms with Crippen LogP contribution in [0, 0.1) is 0 Å². The van der Waals surface area contributed by atoms with Crippen molar-refractivity contribution in [2.24, 2.45) is 0 Å². The molecule has 0 saturated heterocycles. The Morgan fingerprint density at radius 2 is 0.435 bits per heavy atom. The van der Waals surface area contributed by atoms with E-state index in [4.69, 9.17) is 9.97 Å². The summed E-state index contributed by atoms with van der Waals surface area (Å²) in [4.78, 5) is 10.9. The second-order valence-electron chi connectivity index (χ2n) is 23.7. The van der Waals surface area contributed by atoms with Crippen LogP contribution in [0.4, 0.5) is 0 Å². The summed E-state index contributed by atoms with van der Waals surface area (Å²) in [5.74, 6) is 1.80. The molecule has 430 valence electrons. The maximum absolute atomic E-state index is 5.45. The van der Waals surface area contributed by atoms with Gasteiger partial charge in [0.1, 0.15) is 11.6 Å². The van der Waals surface area contributed by atoms with Gasteiger partial charge in [-0.2, -0.15) is 0 Å². The molecular weight excluding hydrogens is 1110 g/mol. The molecule has 0 N–H and O–H groups in total. The molecule has 0 unspecified atom stereocenters. The highest BCUT2D eigenvalue weighted by atomic mass is 15.1. The van der Waals surface area contributed by atoms with Gasteiger partial charge in [0.25, 0.3) is 0 Å². The van der Waals surface area contributed by atoms with Gasteiger partial charge in [0.15, 0.2) is 0 Å². The van der Waals surface area contributed by atoms with E-state index in [1.807, 2.05) is 0 Å². The third kappa shape index (κ3) is 9.84. The van der Waals surface area contributed by atoms with Gasteiger partial charge in [0.05, 0.1) is 22.1 Å². The summed E-state index contributed by atoms with van der Waals surface area (Å²) in [5.41, 5.74) is 26.4. The number of rotatable bonds is 12. The summed E-state index contributed by atoms with van der Waals surface area (Å²) in [6.45, 7) is 0. The van der Waals surface area contributed by atoms with Crippen LogP contribution in [-0.4, -0.2) is 19.1 Å². The average molecular weight is 1170 g/mol. The molecule has 2 heterocycles. The van der Waals surface area contributed by atoms with Crippen LogP contribution < -0.4 is 0 Å². The van der Waals surface area contributed by atoms with Gasteiger partial charge in [-0.25, -0.2) is 9.97 Å². The lowest BCUT2D eigenvalue weighted by atomic mass is 9.82. The molecule has 0 fully saturated rings. The lowest BCUT2D eigenvalue weighted by molar-refractivity contribution is 1.10. The monoisotopic (exact) mass is 1170 g/mol. The van der Waals surface area contributed by atoms with Crippen molar-refractivity contribution in [3.8, 4) is 123 Å². The van der Waals surface area contributed by atoms with E-state index in [0.717, 1.165) is 167 Å². The van der Waals surface area contributed by atoms with Crippen LogP contribution >= 0.6 is 0 Å². The van der Waals surface area contributed by atoms with Gasteiger partial charge in [0.2, 0.25) is 0 Å². The Hall–Kier alpha value is -12.2. The second-order valence-corrected chi connectivity index (χ2v) is 23.7. The lowest BCUT2D eigenvalue weighted by Gasteiger charge is -2.22. The summed E-state index contributed by atoms with van der Waals surface area (Å²) < 4.78 is 4.57. The van der Waals surface area contributed by atoms with E-state index in [9.17, 15) is 0 Å². The number of para-hydroxylation sites is 2. The largest absolute Gasteiger partial charge is 0.292 e. The zero-order chi connectivity index (χ0) is 60.9. The SMILES string of the molecule is c1ccc(-c2cc(-c3ccccc3)cc(-c3c4ccc(-c5ccc6c(c5)nc(-c5ccccc5)n6-c5ccccc5)cc4c(-c4cc(-c5ccccc5)cc(-c5ccccc5)c4)c4ccc(-c5ccc6c(c5)nc(-c5ccccc5)n6-c5ccccc5)cc34)c2)cc1. The minimum absolute atomic E-state index is 0.902. The Kier molecular flexibility index (Phi) is 13.5. The van der Waals surface area contributed by atoms with Crippen molar-refractivity contribution in [1.29, 1.82) is 0 Å². The van der Waals surface area contributed by atoms with E-state index in [1.54, 1.807) is 0 Å². The predicted octanol–water partition coefficient (Wildman–Crippen LogP) is 23.3. The fourth-order valence-corrected chi connectivity index (χ4v) is 13.7. The number of aromatic nitrogens is 4. The zero-order valence-corrected chi connectivity index (χ0v) is 50.3. The van der Waals surface area contributed by atoms with Crippen molar-refractivity contribution in [3.63, 3.8) is 0 Å². The smallest absolute Gasteiger partial charge is 0.145 e. The van der Waals surface area contributed by atoms with Crippen LogP contribution in [0.1, 0.15) is 0 Å². The summed E-state index contributed by atoms with van der Waals surface area (Å²) in [5, 5.41) is 4.59. The molecule has 0 aliphatic carbocycles. The van der Waals surface area contributed by atoms with Gasteiger partial charge < -0.3 is 0 Å². The van der Waals surface area contributed by atoms with E-state index in [-0.39, 0.29) is 0 Å². The summed E-state index contributed by atoms with van der Waals surface area (Å²) in [7, 11) is 0. The first-order chi connectivity index (χ1) is 45.6. The Morgan fingerprint density at radius 3 is 0.750 bits per heavy atom. The van der Waals surface area contributed by atoms with Crippen LogP contribution in [0.5, 0.6) is 0 Å². The van der Waals surface area contributed by atoms with E-state index in [1.165, 1.54) is 0 Å². The van der Waals surface area contributed by atoms with E-state index in [0.29, 0.717) is 0 Å². The lowest BCUT2D eigenvalue weighted by Crippen LogP contribution is -1.97. The number of imidazole rings is 2. The minimum atomic E-state index is 0.902. The molecule has 0 aliphatic heterocycles. The van der Waals surface area contributed by atoms with Crippen LogP contribution in [0.15, 0.2) is 352 Å². The van der Waals surface area contributed by atoms with Crippen molar-refractivity contribution < 1.29 is 0 Å². The minimum Gasteiger partial charge on any atom is -0.292 e. The molecule has 92 heavy (non-hydrogen) atoms. The second kappa shape index (κ2) is 23.0. The summed E-state index contributed by atoms with van der Waals surface area (Å²) in [6, 6.07) is 128. The predicted molar refractivity (Wildman–Crippen MR) is 385 cm³/mol. The Morgan fingerprint density at radius 1 is 0.174 bits per heavy atom. The molecule has 0 saturated carbocycles. The quantitative estimate of drug-likeness (QED) is 0.114. The first-order valence-corrected chi connectivity index (χ1v) is 31.4. The first-order valence-electron chi connectivity index (χ1n) is 31.4. The topological polar surface area (TPSA) is 35.6 Å². The number of hydrogen-bond donors (Lipinski definition) is 0. The zero-order valence-electron chi connectivity index (χ0n) is 50.3. The average Bonchev–Trinajstić information content (AvgIpc) is 0.891. The molecule has 0 amide bonds. The molecule has 0 spiro atoms. The van der Waals surface area contributed by atoms with Crippen molar-refractivity contribution in [2.45, 2.75) is 0 Å². The van der Waals surface area contributed by atoms with Gasteiger partial charge in [-0.1, -0.05) is 255 Å². The molecule has 0 bridgehead atoms. The molecule has 17 aromatic rings. The van der Waals surface area contributed by atoms with Crippen molar-refractivity contribution >= 4 is 43.6 Å². The fourth-order valence-electron chi connectivity index (χ4n) is 13.7. The third-order valence-electron chi connectivity index (χ3n) is 18.1. The van der Waals surface area contributed by atoms with Gasteiger partial charge in [0, 0.05) is 22.5 Å². The van der Waals surface area contributed by atoms with E-state index >= 15 is 0 Å². The van der Waals surface area contributed by atoms with Crippen LogP contribution in [0.2, 0.25) is 0 Å². The maximum atomic E-state index is 5.45. The van der Waals surface area contributed by atoms with Crippen molar-refractivity contribution in [3.05, 3.63) is 352 Å². The first kappa shape index (κ1) is 54.0. The highest BCUT2D eigenvalue weighted by Crippen LogP contribution is 2.49. The van der Waals surface area contributed by atoms with Crippen LogP contribution in [0.3, 0.4) is 0 Å². The van der Waals surface area contributed by atoms with Crippen molar-refractivity contribution in [2.75, 3.05) is 0 Å². The van der Waals surface area contributed by atoms with Crippen LogP contribution in [0.25, 0.3) is 167 Å². The Labute approximate surface area is 534 Å². The van der Waals surface area contributed by atoms with Gasteiger partial charge >= 0.3 is 0 Å². The molecular formula is C88H58N4. The fraction of sp³-hybridized carbons (Fsp3) is 0. The third-order valence-corrected chi connectivity index (χ3v) is 18.1. The molecule has 4 heteroatoms.